The number of hydrogen-bond acceptors (Lipinski definition) is 2. The van der Waals surface area contributed by atoms with Crippen LogP contribution in [0.1, 0.15) is 36.2 Å². The molecule has 20 heavy (non-hydrogen) atoms. The molecule has 0 saturated heterocycles. The first kappa shape index (κ1) is 16.0. The van der Waals surface area contributed by atoms with E-state index in [0.717, 1.165) is 12.1 Å². The predicted molar refractivity (Wildman–Crippen MR) is 66.5 cm³/mol. The first-order valence-corrected chi connectivity index (χ1v) is 5.85. The monoisotopic (exact) mass is 289 g/mol. The minimum Gasteiger partial charge on any atom is -0.478 e. The first-order chi connectivity index (χ1) is 9.11. The van der Waals surface area contributed by atoms with E-state index in [1.54, 1.807) is 0 Å². The number of carbonyl (C=O) groups is 2. The van der Waals surface area contributed by atoms with Crippen molar-refractivity contribution < 1.29 is 27.9 Å². The number of hydrogen-bond donors (Lipinski definition) is 2. The van der Waals surface area contributed by atoms with E-state index >= 15 is 0 Å². The van der Waals surface area contributed by atoms with Crippen LogP contribution in [-0.2, 0) is 11.0 Å². The highest BCUT2D eigenvalue weighted by Gasteiger charge is 2.35. The lowest BCUT2D eigenvalue weighted by Crippen LogP contribution is -2.16. The van der Waals surface area contributed by atoms with Gasteiger partial charge in [-0.05, 0) is 24.1 Å². The predicted octanol–water partition coefficient (Wildman–Crippen LogP) is 3.39. The molecule has 0 aliphatic heterocycles. The maximum atomic E-state index is 12.6. The van der Waals surface area contributed by atoms with E-state index < -0.39 is 23.3 Å². The largest absolute Gasteiger partial charge is 0.478 e. The third kappa shape index (κ3) is 4.25. The number of anilines is 1. The molecule has 0 spiro atoms. The second kappa shape index (κ2) is 5.94. The molecule has 1 rings (SSSR count). The molecule has 4 nitrogen and oxygen atoms in total. The molecule has 1 aromatic carbocycles. The van der Waals surface area contributed by atoms with Crippen LogP contribution in [0.3, 0.4) is 0 Å². The number of amides is 1. The van der Waals surface area contributed by atoms with Gasteiger partial charge in [0.2, 0.25) is 5.91 Å². The zero-order chi connectivity index (χ0) is 15.5. The fourth-order valence-corrected chi connectivity index (χ4v) is 1.63. The molecule has 110 valence electrons. The lowest BCUT2D eigenvalue weighted by molar-refractivity contribution is -0.138. The number of halogens is 3. The number of nitrogens with one attached hydrogen (secondary N) is 1. The highest BCUT2D eigenvalue weighted by molar-refractivity contribution is 5.95. The van der Waals surface area contributed by atoms with Crippen molar-refractivity contribution >= 4 is 17.6 Å². The van der Waals surface area contributed by atoms with Gasteiger partial charge in [0.05, 0.1) is 11.1 Å². The molecule has 0 aromatic heterocycles. The van der Waals surface area contributed by atoms with Crippen LogP contribution in [0.2, 0.25) is 0 Å². The fourth-order valence-electron chi connectivity index (χ4n) is 1.63. The van der Waals surface area contributed by atoms with Crippen molar-refractivity contribution in [2.24, 2.45) is 5.92 Å². The van der Waals surface area contributed by atoms with Gasteiger partial charge >= 0.3 is 12.1 Å². The number of carboxylic acid groups (broad SMARTS) is 1. The fraction of sp³-hybridized carbons (Fsp3) is 0.385. The number of carboxylic acids is 1. The standard InChI is InChI=1S/C13H14F3NO3/c1-7(2)5-11(18)17-8-3-4-10(13(14,15)16)9(6-8)12(19)20/h3-4,6-7H,5H2,1-2H3,(H,17,18)(H,19,20). The van der Waals surface area contributed by atoms with Crippen molar-refractivity contribution in [1.82, 2.24) is 0 Å². The Morgan fingerprint density at radius 2 is 1.90 bits per heavy atom. The highest BCUT2D eigenvalue weighted by atomic mass is 19.4. The van der Waals surface area contributed by atoms with E-state index in [0.29, 0.717) is 6.07 Å². The van der Waals surface area contributed by atoms with Crippen LogP contribution < -0.4 is 5.32 Å². The molecule has 1 amide bonds. The molecule has 0 unspecified atom stereocenters. The summed E-state index contributed by atoms with van der Waals surface area (Å²) in [6.45, 7) is 3.63. The summed E-state index contributed by atoms with van der Waals surface area (Å²) in [5.74, 6) is -1.99. The maximum Gasteiger partial charge on any atom is 0.417 e. The first-order valence-electron chi connectivity index (χ1n) is 5.85. The Kier molecular flexibility index (Phi) is 4.75. The molecule has 0 aliphatic carbocycles. The smallest absolute Gasteiger partial charge is 0.417 e. The molecule has 7 heteroatoms. The van der Waals surface area contributed by atoms with Crippen LogP contribution in [-0.4, -0.2) is 17.0 Å². The molecule has 0 saturated carbocycles. The molecule has 0 atom stereocenters. The van der Waals surface area contributed by atoms with Gasteiger partial charge in [0.25, 0.3) is 0 Å². The quantitative estimate of drug-likeness (QED) is 0.892. The second-order valence-electron chi connectivity index (χ2n) is 4.71. The van der Waals surface area contributed by atoms with Crippen LogP contribution in [0.4, 0.5) is 18.9 Å². The third-order valence-corrected chi connectivity index (χ3v) is 2.43. The maximum absolute atomic E-state index is 12.6. The summed E-state index contributed by atoms with van der Waals surface area (Å²) in [6, 6.07) is 2.49. The molecule has 0 radical (unpaired) electrons. The van der Waals surface area contributed by atoms with Gasteiger partial charge in [-0.2, -0.15) is 13.2 Å². The van der Waals surface area contributed by atoms with E-state index in [1.807, 2.05) is 13.8 Å². The minimum absolute atomic E-state index is 0.0288. The number of rotatable bonds is 4. The van der Waals surface area contributed by atoms with Crippen molar-refractivity contribution in [1.29, 1.82) is 0 Å². The van der Waals surface area contributed by atoms with Crippen LogP contribution in [0.15, 0.2) is 18.2 Å². The van der Waals surface area contributed by atoms with Crippen molar-refractivity contribution in [3.05, 3.63) is 29.3 Å². The number of aromatic carboxylic acids is 1. The summed E-state index contributed by atoms with van der Waals surface area (Å²) in [4.78, 5) is 22.4. The normalized spacial score (nSPS) is 11.5. The molecule has 0 bridgehead atoms. The van der Waals surface area contributed by atoms with Crippen LogP contribution >= 0.6 is 0 Å². The zero-order valence-electron chi connectivity index (χ0n) is 10.9. The Balaban J connectivity index is 3.06. The number of benzene rings is 1. The van der Waals surface area contributed by atoms with Crippen molar-refractivity contribution in [3.63, 3.8) is 0 Å². The molecule has 2 N–H and O–H groups in total. The Hall–Kier alpha value is -2.05. The SMILES string of the molecule is CC(C)CC(=O)Nc1ccc(C(F)(F)F)c(C(=O)O)c1. The molecule has 0 aliphatic rings. The number of alkyl halides is 3. The van der Waals surface area contributed by atoms with Crippen LogP contribution in [0.25, 0.3) is 0 Å². The van der Waals surface area contributed by atoms with Gasteiger partial charge in [0.1, 0.15) is 0 Å². The van der Waals surface area contributed by atoms with E-state index in [2.05, 4.69) is 5.32 Å². The van der Waals surface area contributed by atoms with Crippen molar-refractivity contribution in [2.75, 3.05) is 5.32 Å². The Morgan fingerprint density at radius 1 is 1.30 bits per heavy atom. The van der Waals surface area contributed by atoms with Crippen LogP contribution in [0.5, 0.6) is 0 Å². The van der Waals surface area contributed by atoms with Gasteiger partial charge in [-0.25, -0.2) is 4.79 Å². The average Bonchev–Trinajstić information content (AvgIpc) is 2.25. The third-order valence-electron chi connectivity index (χ3n) is 2.43. The van der Waals surface area contributed by atoms with Gasteiger partial charge in [-0.3, -0.25) is 4.79 Å². The molecular formula is C13H14F3NO3. The summed E-state index contributed by atoms with van der Waals surface area (Å²) >= 11 is 0. The van der Waals surface area contributed by atoms with E-state index in [4.69, 9.17) is 5.11 Å². The summed E-state index contributed by atoms with van der Waals surface area (Å²) in [7, 11) is 0. The summed E-state index contributed by atoms with van der Waals surface area (Å²) < 4.78 is 37.9. The Labute approximate surface area is 113 Å². The van der Waals surface area contributed by atoms with Gasteiger partial charge in [0.15, 0.2) is 0 Å². The summed E-state index contributed by atoms with van der Waals surface area (Å²) in [6.07, 6.45) is -4.56. The average molecular weight is 289 g/mol. The number of carbonyl (C=O) groups excluding carboxylic acids is 1. The lowest BCUT2D eigenvalue weighted by Gasteiger charge is -2.13. The van der Waals surface area contributed by atoms with E-state index in [1.165, 1.54) is 0 Å². The van der Waals surface area contributed by atoms with E-state index in [-0.39, 0.29) is 23.9 Å². The molecule has 0 fully saturated rings. The summed E-state index contributed by atoms with van der Waals surface area (Å²) in [5.41, 5.74) is -2.10. The lowest BCUT2D eigenvalue weighted by atomic mass is 10.1. The van der Waals surface area contributed by atoms with Crippen LogP contribution in [0, 0.1) is 5.92 Å². The zero-order valence-corrected chi connectivity index (χ0v) is 10.9. The Bertz CT molecular complexity index is 524. The molecular weight excluding hydrogens is 275 g/mol. The van der Waals surface area contributed by atoms with Gasteiger partial charge in [0, 0.05) is 12.1 Å². The highest BCUT2D eigenvalue weighted by Crippen LogP contribution is 2.33. The van der Waals surface area contributed by atoms with Gasteiger partial charge in [-0.1, -0.05) is 13.8 Å². The topological polar surface area (TPSA) is 66.4 Å². The second-order valence-corrected chi connectivity index (χ2v) is 4.71. The molecule has 1 aromatic rings. The van der Waals surface area contributed by atoms with Crippen molar-refractivity contribution in [2.45, 2.75) is 26.4 Å². The van der Waals surface area contributed by atoms with E-state index in [9.17, 15) is 22.8 Å². The minimum atomic E-state index is -4.76. The summed E-state index contributed by atoms with van der Waals surface area (Å²) in [5, 5.41) is 11.2. The van der Waals surface area contributed by atoms with Gasteiger partial charge in [-0.15, -0.1) is 0 Å². The van der Waals surface area contributed by atoms with Gasteiger partial charge < -0.3 is 10.4 Å². The van der Waals surface area contributed by atoms with Crippen molar-refractivity contribution in [3.8, 4) is 0 Å². The Morgan fingerprint density at radius 3 is 2.35 bits per heavy atom. The molecule has 0 heterocycles.